The van der Waals surface area contributed by atoms with Gasteiger partial charge in [0.15, 0.2) is 0 Å². The fraction of sp³-hybridized carbons (Fsp3) is 0.480. The van der Waals surface area contributed by atoms with Gasteiger partial charge in [0.1, 0.15) is 11.9 Å². The van der Waals surface area contributed by atoms with Crippen LogP contribution < -0.4 is 0 Å². The van der Waals surface area contributed by atoms with Gasteiger partial charge < -0.3 is 19.2 Å². The number of carbonyl (C=O) groups excluding carboxylic acids is 2. The molecule has 33 heavy (non-hydrogen) atoms. The van der Waals surface area contributed by atoms with Crippen LogP contribution in [0.5, 0.6) is 0 Å². The molecule has 176 valence electrons. The molecular formula is C25H30N2O6. The molecule has 1 aromatic carbocycles. The molecule has 0 aliphatic carbocycles. The van der Waals surface area contributed by atoms with Gasteiger partial charge in [-0.2, -0.15) is 0 Å². The van der Waals surface area contributed by atoms with E-state index in [4.69, 9.17) is 19.1 Å². The maximum atomic E-state index is 13.0. The van der Waals surface area contributed by atoms with E-state index in [2.05, 4.69) is 4.90 Å². The lowest BCUT2D eigenvalue weighted by atomic mass is 9.76. The first-order valence-electron chi connectivity index (χ1n) is 11.5. The largest absolute Gasteiger partial charge is 0.483 e. The number of esters is 1. The Morgan fingerprint density at radius 1 is 1.09 bits per heavy atom. The number of carboxylic acid groups (broad SMARTS) is 1. The van der Waals surface area contributed by atoms with Gasteiger partial charge in [0, 0.05) is 37.2 Å². The molecule has 3 aliphatic rings. The number of nitrogens with zero attached hydrogens (tertiary/aromatic N) is 2. The number of amides is 1. The van der Waals surface area contributed by atoms with Crippen LogP contribution in [0.25, 0.3) is 11.3 Å². The van der Waals surface area contributed by atoms with Gasteiger partial charge in [0.2, 0.25) is 0 Å². The lowest BCUT2D eigenvalue weighted by molar-refractivity contribution is -0.151. The van der Waals surface area contributed by atoms with Gasteiger partial charge in [-0.05, 0) is 63.0 Å². The molecule has 0 saturated carbocycles. The molecular weight excluding hydrogens is 424 g/mol. The number of ether oxygens (including phenoxy) is 1. The summed E-state index contributed by atoms with van der Waals surface area (Å²) in [5.74, 6) is 0.759. The Bertz CT molecular complexity index is 942. The minimum Gasteiger partial charge on any atom is -0.483 e. The second-order valence-electron chi connectivity index (χ2n) is 8.97. The molecule has 0 radical (unpaired) electrons. The highest BCUT2D eigenvalue weighted by molar-refractivity contribution is 5.95. The van der Waals surface area contributed by atoms with Gasteiger partial charge in [-0.25, -0.2) is 0 Å². The number of hydrogen-bond donors (Lipinski definition) is 1. The Hall–Kier alpha value is -3.13. The predicted octanol–water partition coefficient (Wildman–Crippen LogP) is 3.28. The Labute approximate surface area is 193 Å². The summed E-state index contributed by atoms with van der Waals surface area (Å²) in [6.07, 6.45) is 6.31. The average molecular weight is 455 g/mol. The normalized spacial score (nSPS) is 22.0. The Morgan fingerprint density at radius 2 is 1.76 bits per heavy atom. The Balaban J connectivity index is 0.000000821. The van der Waals surface area contributed by atoms with Crippen molar-refractivity contribution >= 4 is 18.3 Å². The van der Waals surface area contributed by atoms with Crippen molar-refractivity contribution in [1.82, 2.24) is 9.80 Å². The highest BCUT2D eigenvalue weighted by atomic mass is 16.6. The molecule has 2 aromatic rings. The number of benzene rings is 1. The summed E-state index contributed by atoms with van der Waals surface area (Å²) >= 11 is 0. The summed E-state index contributed by atoms with van der Waals surface area (Å²) < 4.78 is 11.2. The zero-order valence-electron chi connectivity index (χ0n) is 18.7. The van der Waals surface area contributed by atoms with E-state index < -0.39 is 5.41 Å². The van der Waals surface area contributed by atoms with Crippen LogP contribution in [0.15, 0.2) is 47.1 Å². The number of likely N-dealkylation sites (tertiary alicyclic amines) is 2. The molecule has 3 fully saturated rings. The molecule has 8 nitrogen and oxygen atoms in total. The van der Waals surface area contributed by atoms with Gasteiger partial charge in [-0.15, -0.1) is 0 Å². The zero-order valence-corrected chi connectivity index (χ0v) is 18.7. The van der Waals surface area contributed by atoms with Crippen LogP contribution in [0, 0.1) is 5.41 Å². The smallest absolute Gasteiger partial charge is 0.312 e. The van der Waals surface area contributed by atoms with Crippen LogP contribution in [-0.2, 0) is 14.3 Å². The molecule has 4 heterocycles. The van der Waals surface area contributed by atoms with Crippen molar-refractivity contribution in [3.05, 3.63) is 48.2 Å². The highest BCUT2D eigenvalue weighted by Gasteiger charge is 2.51. The monoisotopic (exact) mass is 454 g/mol. The lowest BCUT2D eigenvalue weighted by Gasteiger charge is -2.36. The Morgan fingerprint density at radius 3 is 2.36 bits per heavy atom. The van der Waals surface area contributed by atoms with Crippen molar-refractivity contribution < 1.29 is 28.6 Å². The first-order valence-corrected chi connectivity index (χ1v) is 11.5. The number of piperidine rings is 1. The van der Waals surface area contributed by atoms with Gasteiger partial charge in [-0.3, -0.25) is 19.3 Å². The van der Waals surface area contributed by atoms with Crippen LogP contribution in [-0.4, -0.2) is 72.1 Å². The summed E-state index contributed by atoms with van der Waals surface area (Å²) in [6.45, 7) is 4.04. The lowest BCUT2D eigenvalue weighted by Crippen LogP contribution is -2.45. The molecule has 1 atom stereocenters. The first kappa shape index (κ1) is 23.0. The molecule has 1 amide bonds. The van der Waals surface area contributed by atoms with E-state index in [-0.39, 0.29) is 24.5 Å². The van der Waals surface area contributed by atoms with E-state index in [1.165, 1.54) is 12.8 Å². The molecule has 1 N–H and O–H groups in total. The van der Waals surface area contributed by atoms with Crippen molar-refractivity contribution in [3.63, 3.8) is 0 Å². The number of carbonyl (C=O) groups is 3. The van der Waals surface area contributed by atoms with Crippen molar-refractivity contribution in [2.24, 2.45) is 5.41 Å². The van der Waals surface area contributed by atoms with Crippen LogP contribution in [0.3, 0.4) is 0 Å². The molecule has 1 spiro atoms. The molecule has 3 saturated heterocycles. The summed E-state index contributed by atoms with van der Waals surface area (Å²) in [6, 6.07) is 11.3. The third kappa shape index (κ3) is 5.11. The van der Waals surface area contributed by atoms with E-state index in [0.717, 1.165) is 37.4 Å². The fourth-order valence-electron chi connectivity index (χ4n) is 5.14. The van der Waals surface area contributed by atoms with Crippen LogP contribution in [0.2, 0.25) is 0 Å². The predicted molar refractivity (Wildman–Crippen MR) is 121 cm³/mol. The topological polar surface area (TPSA) is 100 Å². The molecule has 1 aromatic heterocycles. The fourth-order valence-corrected chi connectivity index (χ4v) is 5.14. The van der Waals surface area contributed by atoms with Gasteiger partial charge in [0.25, 0.3) is 12.4 Å². The summed E-state index contributed by atoms with van der Waals surface area (Å²) in [4.78, 5) is 38.3. The molecule has 0 bridgehead atoms. The molecule has 1 unspecified atom stereocenters. The van der Waals surface area contributed by atoms with Crippen LogP contribution in [0.1, 0.15) is 42.5 Å². The average Bonchev–Trinajstić information content (AvgIpc) is 3.59. The number of hydrogen-bond acceptors (Lipinski definition) is 6. The van der Waals surface area contributed by atoms with Crippen LogP contribution >= 0.6 is 0 Å². The minimum atomic E-state index is -0.398. The van der Waals surface area contributed by atoms with E-state index in [1.54, 1.807) is 6.26 Å². The van der Waals surface area contributed by atoms with E-state index in [0.29, 0.717) is 31.5 Å². The van der Waals surface area contributed by atoms with Gasteiger partial charge in [0.05, 0.1) is 11.7 Å². The van der Waals surface area contributed by atoms with Crippen molar-refractivity contribution in [2.75, 3.05) is 32.7 Å². The Kier molecular flexibility index (Phi) is 7.13. The number of cyclic esters (lactones) is 1. The maximum Gasteiger partial charge on any atom is 0.312 e. The van der Waals surface area contributed by atoms with Crippen molar-refractivity contribution in [2.45, 2.75) is 38.2 Å². The number of furan rings is 1. The van der Waals surface area contributed by atoms with Crippen molar-refractivity contribution in [1.29, 1.82) is 0 Å². The summed E-state index contributed by atoms with van der Waals surface area (Å²) in [7, 11) is 0. The minimum absolute atomic E-state index is 0.00648. The van der Waals surface area contributed by atoms with Crippen molar-refractivity contribution in [3.8, 4) is 11.3 Å². The van der Waals surface area contributed by atoms with E-state index in [1.807, 2.05) is 41.3 Å². The summed E-state index contributed by atoms with van der Waals surface area (Å²) in [5, 5.41) is 6.89. The SMILES string of the molecule is O=C(c1ccc(-c2ccco2)cc1)N1CCC2(CC1)CC(CN1CCCC1)OC2=O.O=CO. The third-order valence-corrected chi connectivity index (χ3v) is 6.93. The quantitative estimate of drug-likeness (QED) is 0.559. The molecule has 5 rings (SSSR count). The van der Waals surface area contributed by atoms with E-state index in [9.17, 15) is 9.59 Å². The second-order valence-corrected chi connectivity index (χ2v) is 8.97. The molecule has 3 aliphatic heterocycles. The van der Waals surface area contributed by atoms with Gasteiger partial charge >= 0.3 is 5.97 Å². The first-order chi connectivity index (χ1) is 16.0. The summed E-state index contributed by atoms with van der Waals surface area (Å²) in [5.41, 5.74) is 1.22. The highest BCUT2D eigenvalue weighted by Crippen LogP contribution is 2.43. The molecule has 8 heteroatoms. The number of rotatable bonds is 4. The zero-order chi connectivity index (χ0) is 23.3. The van der Waals surface area contributed by atoms with Gasteiger partial charge in [-0.1, -0.05) is 12.1 Å². The second kappa shape index (κ2) is 10.2. The van der Waals surface area contributed by atoms with Crippen LogP contribution in [0.4, 0.5) is 0 Å². The third-order valence-electron chi connectivity index (χ3n) is 6.93. The maximum absolute atomic E-state index is 13.0. The standard InChI is InChI=1S/C24H28N2O4.CH2O2/c27-22(19-7-5-18(6-8-19)21-4-3-15-29-21)26-13-9-24(10-14-26)16-20(30-23(24)28)17-25-11-1-2-12-25;2-1-3/h3-8,15,20H,1-2,9-14,16-17H2;1H,(H,2,3). The van der Waals surface area contributed by atoms with E-state index >= 15 is 0 Å².